The van der Waals surface area contributed by atoms with E-state index >= 15 is 0 Å². The molecular weight excluding hydrogens is 302 g/mol. The van der Waals surface area contributed by atoms with Gasteiger partial charge in [0.2, 0.25) is 0 Å². The SMILES string of the molecule is C=CCC(CCC(=O)O)(NC(=O)OCc1ccccc1)C(=O)O. The molecule has 0 spiro atoms. The van der Waals surface area contributed by atoms with Crippen LogP contribution in [0, 0.1) is 0 Å². The minimum atomic E-state index is -1.76. The fourth-order valence-electron chi connectivity index (χ4n) is 1.98. The molecule has 1 aromatic carbocycles. The second kappa shape index (κ2) is 8.57. The van der Waals surface area contributed by atoms with E-state index in [0.717, 1.165) is 5.56 Å². The molecule has 0 aliphatic carbocycles. The van der Waals surface area contributed by atoms with E-state index in [1.807, 2.05) is 6.07 Å². The number of benzene rings is 1. The largest absolute Gasteiger partial charge is 0.481 e. The van der Waals surface area contributed by atoms with Gasteiger partial charge >= 0.3 is 18.0 Å². The van der Waals surface area contributed by atoms with E-state index < -0.39 is 30.0 Å². The van der Waals surface area contributed by atoms with Gasteiger partial charge in [0, 0.05) is 6.42 Å². The van der Waals surface area contributed by atoms with Crippen LogP contribution >= 0.6 is 0 Å². The molecule has 124 valence electrons. The zero-order valence-electron chi connectivity index (χ0n) is 12.5. The lowest BCUT2D eigenvalue weighted by atomic mass is 9.89. The molecular formula is C16H19NO6. The smallest absolute Gasteiger partial charge is 0.408 e. The van der Waals surface area contributed by atoms with Crippen LogP contribution in [-0.4, -0.2) is 33.8 Å². The Morgan fingerprint density at radius 2 is 1.87 bits per heavy atom. The van der Waals surface area contributed by atoms with Crippen molar-refractivity contribution in [2.75, 3.05) is 0 Å². The molecule has 1 aromatic rings. The van der Waals surface area contributed by atoms with Crippen LogP contribution in [0.15, 0.2) is 43.0 Å². The van der Waals surface area contributed by atoms with Crippen molar-refractivity contribution in [3.05, 3.63) is 48.6 Å². The highest BCUT2D eigenvalue weighted by molar-refractivity contribution is 5.85. The molecule has 0 bridgehead atoms. The monoisotopic (exact) mass is 321 g/mol. The fraction of sp³-hybridized carbons (Fsp3) is 0.312. The van der Waals surface area contributed by atoms with Crippen molar-refractivity contribution in [1.82, 2.24) is 5.32 Å². The molecule has 23 heavy (non-hydrogen) atoms. The number of carbonyl (C=O) groups excluding carboxylic acids is 1. The molecule has 0 heterocycles. The first-order valence-electron chi connectivity index (χ1n) is 6.94. The normalized spacial score (nSPS) is 12.7. The minimum Gasteiger partial charge on any atom is -0.481 e. The summed E-state index contributed by atoms with van der Waals surface area (Å²) in [5, 5.41) is 20.4. The number of carboxylic acids is 2. The Bertz CT molecular complexity index is 571. The predicted molar refractivity (Wildman–Crippen MR) is 81.8 cm³/mol. The van der Waals surface area contributed by atoms with Crippen LogP contribution in [0.1, 0.15) is 24.8 Å². The van der Waals surface area contributed by atoms with Crippen LogP contribution in [-0.2, 0) is 20.9 Å². The van der Waals surface area contributed by atoms with E-state index in [2.05, 4.69) is 11.9 Å². The van der Waals surface area contributed by atoms with Crippen LogP contribution in [0.5, 0.6) is 0 Å². The van der Waals surface area contributed by atoms with Gasteiger partial charge < -0.3 is 20.3 Å². The molecule has 0 saturated heterocycles. The van der Waals surface area contributed by atoms with E-state index in [4.69, 9.17) is 9.84 Å². The van der Waals surface area contributed by atoms with Gasteiger partial charge in [-0.25, -0.2) is 9.59 Å². The second-order valence-corrected chi connectivity index (χ2v) is 4.96. The molecule has 1 amide bonds. The number of hydrogen-bond acceptors (Lipinski definition) is 4. The summed E-state index contributed by atoms with van der Waals surface area (Å²) in [6.45, 7) is 3.43. The highest BCUT2D eigenvalue weighted by Gasteiger charge is 2.39. The van der Waals surface area contributed by atoms with Gasteiger partial charge in [-0.3, -0.25) is 4.79 Å². The third-order valence-electron chi connectivity index (χ3n) is 3.22. The Balaban J connectivity index is 2.74. The second-order valence-electron chi connectivity index (χ2n) is 4.96. The molecule has 7 heteroatoms. The highest BCUT2D eigenvalue weighted by atomic mass is 16.5. The summed E-state index contributed by atoms with van der Waals surface area (Å²) in [5.41, 5.74) is -1.01. The standard InChI is InChI=1S/C16H19NO6/c1-2-9-16(14(20)21,10-8-13(18)19)17-15(22)23-11-12-6-4-3-5-7-12/h2-7H,1,8-11H2,(H,17,22)(H,18,19)(H,20,21). The van der Waals surface area contributed by atoms with Crippen molar-refractivity contribution in [3.63, 3.8) is 0 Å². The van der Waals surface area contributed by atoms with Crippen molar-refractivity contribution in [2.24, 2.45) is 0 Å². The highest BCUT2D eigenvalue weighted by Crippen LogP contribution is 2.20. The average molecular weight is 321 g/mol. The average Bonchev–Trinajstić information content (AvgIpc) is 2.51. The first-order chi connectivity index (χ1) is 10.9. The van der Waals surface area contributed by atoms with Gasteiger partial charge in [-0.2, -0.15) is 0 Å². The van der Waals surface area contributed by atoms with Gasteiger partial charge in [-0.1, -0.05) is 36.4 Å². The number of carboxylic acid groups (broad SMARTS) is 2. The number of carbonyl (C=O) groups is 3. The number of aliphatic carboxylic acids is 2. The summed E-state index contributed by atoms with van der Waals surface area (Å²) in [6, 6.07) is 8.89. The Labute approximate surface area is 133 Å². The zero-order valence-corrected chi connectivity index (χ0v) is 12.5. The van der Waals surface area contributed by atoms with E-state index in [1.165, 1.54) is 6.08 Å². The topological polar surface area (TPSA) is 113 Å². The van der Waals surface area contributed by atoms with E-state index in [1.54, 1.807) is 24.3 Å². The lowest BCUT2D eigenvalue weighted by Gasteiger charge is -2.28. The van der Waals surface area contributed by atoms with Crippen LogP contribution in [0.4, 0.5) is 4.79 Å². The van der Waals surface area contributed by atoms with E-state index in [-0.39, 0.29) is 19.4 Å². The number of rotatable bonds is 9. The van der Waals surface area contributed by atoms with Crippen molar-refractivity contribution in [2.45, 2.75) is 31.4 Å². The molecule has 1 unspecified atom stereocenters. The predicted octanol–water partition coefficient (Wildman–Crippen LogP) is 2.18. The Kier molecular flexibility index (Phi) is 6.79. The summed E-state index contributed by atoms with van der Waals surface area (Å²) in [6.07, 6.45) is -0.407. The van der Waals surface area contributed by atoms with Crippen LogP contribution in [0.3, 0.4) is 0 Å². The fourth-order valence-corrected chi connectivity index (χ4v) is 1.98. The van der Waals surface area contributed by atoms with Crippen LogP contribution in [0.2, 0.25) is 0 Å². The number of hydrogen-bond donors (Lipinski definition) is 3. The third kappa shape index (κ3) is 5.82. The quantitative estimate of drug-likeness (QED) is 0.601. The number of amides is 1. The van der Waals surface area contributed by atoms with Gasteiger partial charge in [0.15, 0.2) is 0 Å². The van der Waals surface area contributed by atoms with Gasteiger partial charge in [0.25, 0.3) is 0 Å². The van der Waals surface area contributed by atoms with E-state index in [0.29, 0.717) is 0 Å². The summed E-state index contributed by atoms with van der Waals surface area (Å²) >= 11 is 0. The number of alkyl carbamates (subject to hydrolysis) is 1. The van der Waals surface area contributed by atoms with E-state index in [9.17, 15) is 19.5 Å². The molecule has 7 nitrogen and oxygen atoms in total. The molecule has 0 aromatic heterocycles. The maximum Gasteiger partial charge on any atom is 0.408 e. The molecule has 0 saturated carbocycles. The lowest BCUT2D eigenvalue weighted by molar-refractivity contribution is -0.145. The molecule has 1 rings (SSSR count). The van der Waals surface area contributed by atoms with Crippen molar-refractivity contribution in [1.29, 1.82) is 0 Å². The van der Waals surface area contributed by atoms with Crippen LogP contribution in [0.25, 0.3) is 0 Å². The Morgan fingerprint density at radius 1 is 1.22 bits per heavy atom. The van der Waals surface area contributed by atoms with Crippen molar-refractivity contribution >= 4 is 18.0 Å². The molecule has 0 aliphatic rings. The molecule has 0 fully saturated rings. The number of ether oxygens (including phenoxy) is 1. The first-order valence-corrected chi connectivity index (χ1v) is 6.94. The van der Waals surface area contributed by atoms with Gasteiger partial charge in [-0.05, 0) is 18.4 Å². The number of nitrogens with one attached hydrogen (secondary N) is 1. The zero-order chi connectivity index (χ0) is 17.3. The minimum absolute atomic E-state index is 0.0185. The molecule has 1 atom stereocenters. The summed E-state index contributed by atoms with van der Waals surface area (Å²) in [5.74, 6) is -2.49. The van der Waals surface area contributed by atoms with Crippen molar-refractivity contribution in [3.8, 4) is 0 Å². The lowest BCUT2D eigenvalue weighted by Crippen LogP contribution is -2.54. The summed E-state index contributed by atoms with van der Waals surface area (Å²) in [4.78, 5) is 34.1. The van der Waals surface area contributed by atoms with Gasteiger partial charge in [0.05, 0.1) is 0 Å². The van der Waals surface area contributed by atoms with Crippen LogP contribution < -0.4 is 5.32 Å². The summed E-state index contributed by atoms with van der Waals surface area (Å²) < 4.78 is 4.99. The van der Waals surface area contributed by atoms with Gasteiger partial charge in [0.1, 0.15) is 12.1 Å². The molecule has 3 N–H and O–H groups in total. The third-order valence-corrected chi connectivity index (χ3v) is 3.22. The van der Waals surface area contributed by atoms with Crippen molar-refractivity contribution < 1.29 is 29.3 Å². The molecule has 0 radical (unpaired) electrons. The summed E-state index contributed by atoms with van der Waals surface area (Å²) in [7, 11) is 0. The maximum atomic E-state index is 11.9. The molecule has 0 aliphatic heterocycles. The maximum absolute atomic E-state index is 11.9. The van der Waals surface area contributed by atoms with Gasteiger partial charge in [-0.15, -0.1) is 6.58 Å². The first kappa shape index (κ1) is 18.2. The Hall–Kier alpha value is -2.83. The Morgan fingerprint density at radius 3 is 2.39 bits per heavy atom.